The summed E-state index contributed by atoms with van der Waals surface area (Å²) >= 11 is 0. The van der Waals surface area contributed by atoms with Gasteiger partial charge in [-0.25, -0.2) is 15.0 Å². The second kappa shape index (κ2) is 15.4. The molecule has 65 heavy (non-hydrogen) atoms. The van der Waals surface area contributed by atoms with Gasteiger partial charge in [0, 0.05) is 55.4 Å². The molecule has 0 bridgehead atoms. The number of aromatic nitrogens is 3. The lowest BCUT2D eigenvalue weighted by Gasteiger charge is -2.29. The van der Waals surface area contributed by atoms with Crippen molar-refractivity contribution in [3.05, 3.63) is 230 Å². The van der Waals surface area contributed by atoms with Crippen molar-refractivity contribution in [3.63, 3.8) is 0 Å². The zero-order valence-electron chi connectivity index (χ0n) is 36.0. The number of hydrogen-bond donors (Lipinski definition) is 0. The highest BCUT2D eigenvalue weighted by molar-refractivity contribution is 6.15. The van der Waals surface area contributed by atoms with Crippen LogP contribution < -0.4 is 4.90 Å². The molecule has 9 aromatic carbocycles. The van der Waals surface area contributed by atoms with Crippen LogP contribution in [0.4, 0.5) is 17.1 Å². The van der Waals surface area contributed by atoms with Crippen molar-refractivity contribution >= 4 is 39.0 Å². The van der Waals surface area contributed by atoms with E-state index in [1.165, 1.54) is 33.4 Å². The largest absolute Gasteiger partial charge is 0.455 e. The molecule has 308 valence electrons. The van der Waals surface area contributed by atoms with Gasteiger partial charge in [0.25, 0.3) is 0 Å². The first-order valence-corrected chi connectivity index (χ1v) is 22.1. The average Bonchev–Trinajstić information content (AvgIpc) is 3.87. The third-order valence-corrected chi connectivity index (χ3v) is 13.0. The lowest BCUT2D eigenvalue weighted by atomic mass is 9.82. The predicted molar refractivity (Wildman–Crippen MR) is 267 cm³/mol. The van der Waals surface area contributed by atoms with Crippen LogP contribution in [0.2, 0.25) is 0 Å². The van der Waals surface area contributed by atoms with E-state index in [-0.39, 0.29) is 5.41 Å². The zero-order valence-corrected chi connectivity index (χ0v) is 36.0. The van der Waals surface area contributed by atoms with Crippen LogP contribution in [0.3, 0.4) is 0 Å². The Morgan fingerprint density at radius 1 is 0.385 bits per heavy atom. The minimum absolute atomic E-state index is 0.127. The van der Waals surface area contributed by atoms with Gasteiger partial charge >= 0.3 is 0 Å². The van der Waals surface area contributed by atoms with Gasteiger partial charge in [-0.3, -0.25) is 0 Å². The summed E-state index contributed by atoms with van der Waals surface area (Å²) in [6.45, 7) is 4.68. The van der Waals surface area contributed by atoms with E-state index in [0.717, 1.165) is 66.8 Å². The standard InChI is InChI=1S/C60H42N4O/c1-60(2)50-27-13-12-23-47(50)55-51(60)28-16-29-52(55)64(44-35-31-40(32-36-44)39-17-6-3-7-18-39)45-37-33-41(34-38-45)46-24-14-25-48-54-49(26-15-30-53(54)65-56(46)48)59-62-57(42-19-8-4-9-20-42)61-58(63-59)43-21-10-5-11-22-43/h3-38H,1-2H3. The van der Waals surface area contributed by atoms with Crippen LogP contribution in [0.5, 0.6) is 0 Å². The number of nitrogens with zero attached hydrogens (tertiary/aromatic N) is 4. The quantitative estimate of drug-likeness (QED) is 0.153. The number of para-hydroxylation sites is 1. The average molecular weight is 835 g/mol. The van der Waals surface area contributed by atoms with E-state index in [2.05, 4.69) is 164 Å². The maximum absolute atomic E-state index is 6.82. The molecular weight excluding hydrogens is 793 g/mol. The number of anilines is 3. The molecule has 0 saturated heterocycles. The molecule has 0 aliphatic heterocycles. The van der Waals surface area contributed by atoms with E-state index in [9.17, 15) is 0 Å². The Kier molecular flexibility index (Phi) is 9.09. The highest BCUT2D eigenvalue weighted by atomic mass is 16.3. The van der Waals surface area contributed by atoms with Crippen molar-refractivity contribution in [2.45, 2.75) is 19.3 Å². The van der Waals surface area contributed by atoms with E-state index >= 15 is 0 Å². The first-order chi connectivity index (χ1) is 32.0. The summed E-state index contributed by atoms with van der Waals surface area (Å²) in [5.41, 5.74) is 17.2. The molecule has 0 saturated carbocycles. The fourth-order valence-electron chi connectivity index (χ4n) is 9.76. The summed E-state index contributed by atoms with van der Waals surface area (Å²) in [6.07, 6.45) is 0. The van der Waals surface area contributed by atoms with Crippen LogP contribution in [-0.2, 0) is 5.41 Å². The van der Waals surface area contributed by atoms with Crippen molar-refractivity contribution in [3.8, 4) is 67.5 Å². The van der Waals surface area contributed by atoms with Crippen LogP contribution in [0.1, 0.15) is 25.0 Å². The fraction of sp³-hybridized carbons (Fsp3) is 0.0500. The molecule has 0 fully saturated rings. The summed E-state index contributed by atoms with van der Waals surface area (Å²) in [6, 6.07) is 76.7. The minimum Gasteiger partial charge on any atom is -0.455 e. The van der Waals surface area contributed by atoms with Crippen LogP contribution in [0, 0.1) is 0 Å². The van der Waals surface area contributed by atoms with Gasteiger partial charge < -0.3 is 9.32 Å². The maximum atomic E-state index is 6.82. The van der Waals surface area contributed by atoms with Crippen LogP contribution in [-0.4, -0.2) is 15.0 Å². The predicted octanol–water partition coefficient (Wildman–Crippen LogP) is 15.9. The molecule has 5 heteroatoms. The van der Waals surface area contributed by atoms with Crippen molar-refractivity contribution in [2.75, 3.05) is 4.90 Å². The van der Waals surface area contributed by atoms with E-state index < -0.39 is 0 Å². The number of hydrogen-bond acceptors (Lipinski definition) is 5. The van der Waals surface area contributed by atoms with Crippen molar-refractivity contribution in [1.29, 1.82) is 0 Å². The molecule has 0 unspecified atom stereocenters. The van der Waals surface area contributed by atoms with Gasteiger partial charge in [-0.15, -0.1) is 0 Å². The first kappa shape index (κ1) is 38.3. The highest BCUT2D eigenvalue weighted by Gasteiger charge is 2.37. The lowest BCUT2D eigenvalue weighted by Crippen LogP contribution is -2.16. The Bertz CT molecular complexity index is 3490. The molecule has 11 aromatic rings. The molecule has 0 radical (unpaired) electrons. The third kappa shape index (κ3) is 6.51. The number of benzene rings is 9. The van der Waals surface area contributed by atoms with E-state index in [4.69, 9.17) is 19.4 Å². The van der Waals surface area contributed by atoms with Gasteiger partial charge in [0.2, 0.25) is 0 Å². The molecule has 0 atom stereocenters. The van der Waals surface area contributed by atoms with E-state index in [1.807, 2.05) is 72.8 Å². The SMILES string of the molecule is CC1(C)c2ccccc2-c2c(N(c3ccc(-c4ccccc4)cc3)c3ccc(-c4cccc5c4oc4cccc(-c6nc(-c7ccccc7)nc(-c7ccccc7)n6)c45)cc3)cccc21. The smallest absolute Gasteiger partial charge is 0.164 e. The third-order valence-electron chi connectivity index (χ3n) is 13.0. The fourth-order valence-corrected chi connectivity index (χ4v) is 9.76. The number of rotatable bonds is 8. The minimum atomic E-state index is -0.127. The van der Waals surface area contributed by atoms with E-state index in [0.29, 0.717) is 17.5 Å². The number of fused-ring (bicyclic) bond motifs is 6. The second-order valence-corrected chi connectivity index (χ2v) is 17.2. The first-order valence-electron chi connectivity index (χ1n) is 22.1. The Labute approximate surface area is 378 Å². The monoisotopic (exact) mass is 834 g/mol. The molecular formula is C60H42N4O. The maximum Gasteiger partial charge on any atom is 0.164 e. The van der Waals surface area contributed by atoms with Gasteiger partial charge in [-0.1, -0.05) is 196 Å². The Balaban J connectivity index is 0.980. The van der Waals surface area contributed by atoms with Crippen LogP contribution >= 0.6 is 0 Å². The molecule has 0 N–H and O–H groups in total. The normalized spacial score (nSPS) is 12.6. The summed E-state index contributed by atoms with van der Waals surface area (Å²) < 4.78 is 6.82. The Morgan fingerprint density at radius 3 is 1.54 bits per heavy atom. The number of furan rings is 1. The summed E-state index contributed by atoms with van der Waals surface area (Å²) in [5, 5.41) is 1.97. The van der Waals surface area contributed by atoms with Gasteiger partial charge in [0.15, 0.2) is 17.5 Å². The van der Waals surface area contributed by atoms with Gasteiger partial charge in [-0.05, 0) is 69.8 Å². The van der Waals surface area contributed by atoms with Crippen LogP contribution in [0.15, 0.2) is 223 Å². The van der Waals surface area contributed by atoms with E-state index in [1.54, 1.807) is 0 Å². The Morgan fingerprint density at radius 2 is 0.877 bits per heavy atom. The topological polar surface area (TPSA) is 55.1 Å². The molecule has 0 spiro atoms. The molecule has 1 aliphatic carbocycles. The summed E-state index contributed by atoms with van der Waals surface area (Å²) in [7, 11) is 0. The van der Waals surface area contributed by atoms with Gasteiger partial charge in [0.05, 0.1) is 5.69 Å². The lowest BCUT2D eigenvalue weighted by molar-refractivity contribution is 0.660. The molecule has 1 aliphatic rings. The van der Waals surface area contributed by atoms with Crippen molar-refractivity contribution in [1.82, 2.24) is 15.0 Å². The van der Waals surface area contributed by atoms with Gasteiger partial charge in [0.1, 0.15) is 11.2 Å². The van der Waals surface area contributed by atoms with Crippen molar-refractivity contribution < 1.29 is 4.42 Å². The summed E-state index contributed by atoms with van der Waals surface area (Å²) in [4.78, 5) is 17.5. The molecule has 5 nitrogen and oxygen atoms in total. The molecule has 2 heterocycles. The molecule has 12 rings (SSSR count). The van der Waals surface area contributed by atoms with Crippen LogP contribution in [0.25, 0.3) is 89.5 Å². The molecule has 2 aromatic heterocycles. The highest BCUT2D eigenvalue weighted by Crippen LogP contribution is 2.54. The molecule has 0 amide bonds. The zero-order chi connectivity index (χ0) is 43.5. The van der Waals surface area contributed by atoms with Gasteiger partial charge in [-0.2, -0.15) is 0 Å². The second-order valence-electron chi connectivity index (χ2n) is 17.2. The van der Waals surface area contributed by atoms with Crippen molar-refractivity contribution in [2.24, 2.45) is 0 Å². The summed E-state index contributed by atoms with van der Waals surface area (Å²) in [5.74, 6) is 1.83. The Hall–Kier alpha value is -8.41.